The minimum absolute atomic E-state index is 0.373. The fraction of sp³-hybridized carbons (Fsp3) is 0.273. The summed E-state index contributed by atoms with van der Waals surface area (Å²) in [6, 6.07) is 5.38. The van der Waals surface area contributed by atoms with Gasteiger partial charge in [-0.15, -0.1) is 0 Å². The number of aromatic amines is 1. The van der Waals surface area contributed by atoms with Crippen molar-refractivity contribution in [3.63, 3.8) is 0 Å². The van der Waals surface area contributed by atoms with Crippen molar-refractivity contribution in [1.29, 1.82) is 0 Å². The van der Waals surface area contributed by atoms with E-state index >= 15 is 0 Å². The topological polar surface area (TPSA) is 58.2 Å². The number of hydrogen-bond acceptors (Lipinski definition) is 4. The third kappa shape index (κ3) is 1.60. The number of aromatic nitrogens is 2. The van der Waals surface area contributed by atoms with Crippen LogP contribution >= 0.6 is 0 Å². The highest BCUT2D eigenvalue weighted by Crippen LogP contribution is 2.20. The maximum absolute atomic E-state index is 11.5. The summed E-state index contributed by atoms with van der Waals surface area (Å²) in [5, 5.41) is 0. The van der Waals surface area contributed by atoms with Crippen LogP contribution in [0, 0.1) is 0 Å². The summed E-state index contributed by atoms with van der Waals surface area (Å²) in [6.45, 7) is 0. The molecule has 0 bridgehead atoms. The molecule has 0 aliphatic rings. The van der Waals surface area contributed by atoms with E-state index in [2.05, 4.69) is 9.97 Å². The van der Waals surface area contributed by atoms with Gasteiger partial charge in [0.25, 0.3) is 0 Å². The molecule has 0 amide bonds. The molecular weight excluding hydrogens is 206 g/mol. The summed E-state index contributed by atoms with van der Waals surface area (Å²) in [5.74, 6) is 0.341. The number of H-pyrrole nitrogens is 1. The molecule has 0 aliphatic heterocycles. The predicted molar refractivity (Wildman–Crippen MR) is 61.8 cm³/mol. The van der Waals surface area contributed by atoms with E-state index in [-0.39, 0.29) is 5.97 Å². The fourth-order valence-electron chi connectivity index (χ4n) is 1.51. The zero-order valence-electron chi connectivity index (χ0n) is 9.44. The Morgan fingerprint density at radius 1 is 1.44 bits per heavy atom. The van der Waals surface area contributed by atoms with Crippen LogP contribution in [0.25, 0.3) is 11.0 Å². The molecule has 0 unspecified atom stereocenters. The van der Waals surface area contributed by atoms with Crippen molar-refractivity contribution < 1.29 is 9.53 Å². The van der Waals surface area contributed by atoms with E-state index < -0.39 is 0 Å². The summed E-state index contributed by atoms with van der Waals surface area (Å²) >= 11 is 0. The van der Waals surface area contributed by atoms with Crippen molar-refractivity contribution in [1.82, 2.24) is 9.97 Å². The number of para-hydroxylation sites is 1. The minimum Gasteiger partial charge on any atom is -0.465 e. The molecule has 0 saturated heterocycles. The summed E-state index contributed by atoms with van der Waals surface area (Å²) in [5.41, 5.74) is 1.94. The predicted octanol–water partition coefficient (Wildman–Crippen LogP) is 1.42. The molecule has 0 radical (unpaired) electrons. The maximum Gasteiger partial charge on any atom is 0.340 e. The van der Waals surface area contributed by atoms with Crippen LogP contribution in [0.2, 0.25) is 0 Å². The number of hydrogen-bond donors (Lipinski definition) is 1. The van der Waals surface area contributed by atoms with Crippen molar-refractivity contribution in [2.75, 3.05) is 26.1 Å². The van der Waals surface area contributed by atoms with Gasteiger partial charge in [-0.2, -0.15) is 0 Å². The molecule has 0 atom stereocenters. The van der Waals surface area contributed by atoms with Crippen molar-refractivity contribution in [2.45, 2.75) is 0 Å². The standard InChI is InChI=1S/C11H13N3O2/c1-14(2)11-12-8-6-4-5-7(9(8)13-11)10(15)16-3/h4-6H,1-3H3,(H,12,13). The van der Waals surface area contributed by atoms with Crippen molar-refractivity contribution in [2.24, 2.45) is 0 Å². The monoisotopic (exact) mass is 219 g/mol. The Bertz CT molecular complexity index is 531. The molecular formula is C11H13N3O2. The van der Waals surface area contributed by atoms with Crippen LogP contribution in [0.5, 0.6) is 0 Å². The number of anilines is 1. The molecule has 0 saturated carbocycles. The number of nitrogens with one attached hydrogen (secondary N) is 1. The van der Waals surface area contributed by atoms with Crippen LogP contribution < -0.4 is 4.90 Å². The summed E-state index contributed by atoms with van der Waals surface area (Å²) in [7, 11) is 5.13. The molecule has 5 heteroatoms. The highest BCUT2D eigenvalue weighted by atomic mass is 16.5. The first kappa shape index (κ1) is 10.5. The molecule has 2 aromatic rings. The normalized spacial score (nSPS) is 10.4. The van der Waals surface area contributed by atoms with Gasteiger partial charge >= 0.3 is 5.97 Å². The van der Waals surface area contributed by atoms with E-state index in [0.29, 0.717) is 17.0 Å². The van der Waals surface area contributed by atoms with Gasteiger partial charge in [0.05, 0.1) is 18.2 Å². The Balaban J connectivity index is 2.63. The largest absolute Gasteiger partial charge is 0.465 e. The third-order valence-corrected chi connectivity index (χ3v) is 2.33. The number of rotatable bonds is 2. The first-order valence-electron chi connectivity index (χ1n) is 4.88. The molecule has 2 rings (SSSR count). The van der Waals surface area contributed by atoms with Crippen LogP contribution in [0.3, 0.4) is 0 Å². The van der Waals surface area contributed by atoms with Crippen LogP contribution in [0.1, 0.15) is 10.4 Å². The second-order valence-electron chi connectivity index (χ2n) is 3.65. The molecule has 1 N–H and O–H groups in total. The zero-order valence-corrected chi connectivity index (χ0v) is 9.44. The van der Waals surface area contributed by atoms with E-state index in [1.807, 2.05) is 25.1 Å². The first-order chi connectivity index (χ1) is 7.63. The van der Waals surface area contributed by atoms with Gasteiger partial charge in [-0.3, -0.25) is 0 Å². The Morgan fingerprint density at radius 2 is 2.19 bits per heavy atom. The van der Waals surface area contributed by atoms with E-state index in [9.17, 15) is 4.79 Å². The number of imidazole rings is 1. The molecule has 1 aromatic carbocycles. The van der Waals surface area contributed by atoms with Gasteiger partial charge in [-0.25, -0.2) is 9.78 Å². The van der Waals surface area contributed by atoms with Crippen molar-refractivity contribution in [3.8, 4) is 0 Å². The summed E-state index contributed by atoms with van der Waals surface area (Å²) < 4.78 is 4.71. The lowest BCUT2D eigenvalue weighted by Gasteiger charge is -2.05. The number of esters is 1. The molecule has 0 aliphatic carbocycles. The highest BCUT2D eigenvalue weighted by Gasteiger charge is 2.14. The maximum atomic E-state index is 11.5. The quantitative estimate of drug-likeness (QED) is 0.776. The van der Waals surface area contributed by atoms with Gasteiger partial charge in [0.2, 0.25) is 5.95 Å². The van der Waals surface area contributed by atoms with Gasteiger partial charge in [0.1, 0.15) is 5.52 Å². The Labute approximate surface area is 93.0 Å². The van der Waals surface area contributed by atoms with Crippen LogP contribution in [-0.4, -0.2) is 37.1 Å². The molecule has 1 heterocycles. The number of fused-ring (bicyclic) bond motifs is 1. The van der Waals surface area contributed by atoms with E-state index in [1.54, 1.807) is 12.1 Å². The average molecular weight is 219 g/mol. The SMILES string of the molecule is COC(=O)c1cccc2[nH]c(N(C)C)nc12. The van der Waals surface area contributed by atoms with Crippen LogP contribution in [0.4, 0.5) is 5.95 Å². The lowest BCUT2D eigenvalue weighted by atomic mass is 10.2. The van der Waals surface area contributed by atoms with Crippen LogP contribution in [-0.2, 0) is 4.74 Å². The second kappa shape index (κ2) is 3.84. The van der Waals surface area contributed by atoms with Gasteiger partial charge in [0.15, 0.2) is 0 Å². The lowest BCUT2D eigenvalue weighted by molar-refractivity contribution is 0.0603. The number of benzene rings is 1. The first-order valence-corrected chi connectivity index (χ1v) is 4.88. The molecule has 0 spiro atoms. The number of carbonyl (C=O) groups excluding carboxylic acids is 1. The van der Waals surface area contributed by atoms with E-state index in [1.165, 1.54) is 7.11 Å². The second-order valence-corrected chi connectivity index (χ2v) is 3.65. The van der Waals surface area contributed by atoms with Crippen molar-refractivity contribution >= 4 is 23.0 Å². The van der Waals surface area contributed by atoms with E-state index in [0.717, 1.165) is 5.52 Å². The fourth-order valence-corrected chi connectivity index (χ4v) is 1.51. The van der Waals surface area contributed by atoms with E-state index in [4.69, 9.17) is 4.74 Å². The number of carbonyl (C=O) groups is 1. The smallest absolute Gasteiger partial charge is 0.340 e. The average Bonchev–Trinajstić information content (AvgIpc) is 2.71. The van der Waals surface area contributed by atoms with Gasteiger partial charge in [0, 0.05) is 14.1 Å². The van der Waals surface area contributed by atoms with Gasteiger partial charge in [-0.1, -0.05) is 6.07 Å². The van der Waals surface area contributed by atoms with Crippen LogP contribution in [0.15, 0.2) is 18.2 Å². The molecule has 84 valence electrons. The summed E-state index contributed by atoms with van der Waals surface area (Å²) in [6.07, 6.45) is 0. The van der Waals surface area contributed by atoms with Gasteiger partial charge < -0.3 is 14.6 Å². The highest BCUT2D eigenvalue weighted by molar-refractivity contribution is 6.02. The lowest BCUT2D eigenvalue weighted by Crippen LogP contribution is -2.10. The Morgan fingerprint density at radius 3 is 2.81 bits per heavy atom. The Kier molecular flexibility index (Phi) is 2.52. The van der Waals surface area contributed by atoms with Gasteiger partial charge in [-0.05, 0) is 12.1 Å². The molecule has 5 nitrogen and oxygen atoms in total. The minimum atomic E-state index is -0.373. The molecule has 1 aromatic heterocycles. The summed E-state index contributed by atoms with van der Waals surface area (Å²) in [4.78, 5) is 20.8. The zero-order chi connectivity index (χ0) is 11.7. The number of methoxy groups -OCH3 is 1. The number of nitrogens with zero attached hydrogens (tertiary/aromatic N) is 2. The molecule has 16 heavy (non-hydrogen) atoms. The third-order valence-electron chi connectivity index (χ3n) is 2.33. The Hall–Kier alpha value is -2.04. The molecule has 0 fully saturated rings. The number of ether oxygens (including phenoxy) is 1. The van der Waals surface area contributed by atoms with Crippen molar-refractivity contribution in [3.05, 3.63) is 23.8 Å².